The number of nitrogens with zero attached hydrogens (tertiary/aromatic N) is 3. The van der Waals surface area contributed by atoms with Crippen LogP contribution < -0.4 is 5.32 Å². The van der Waals surface area contributed by atoms with Gasteiger partial charge in [0, 0.05) is 23.2 Å². The largest absolute Gasteiger partial charge is 0.340 e. The summed E-state index contributed by atoms with van der Waals surface area (Å²) in [7, 11) is 0. The molecule has 0 radical (unpaired) electrons. The van der Waals surface area contributed by atoms with Crippen molar-refractivity contribution in [3.63, 3.8) is 0 Å². The first-order valence-corrected chi connectivity index (χ1v) is 6.36. The number of rotatable bonds is 3. The fourth-order valence-electron chi connectivity index (χ4n) is 2.12. The average Bonchev–Trinajstić information content (AvgIpc) is 2.47. The van der Waals surface area contributed by atoms with E-state index < -0.39 is 4.92 Å². The van der Waals surface area contributed by atoms with Crippen molar-refractivity contribution in [1.29, 1.82) is 0 Å². The lowest BCUT2D eigenvalue weighted by atomic mass is 10.2. The summed E-state index contributed by atoms with van der Waals surface area (Å²) in [5.74, 6) is 0.625. The highest BCUT2D eigenvalue weighted by Gasteiger charge is 2.10. The number of fused-ring (bicyclic) bond motifs is 1. The second kappa shape index (κ2) is 5.16. The molecule has 0 spiro atoms. The molecule has 1 aromatic heterocycles. The highest BCUT2D eigenvalue weighted by molar-refractivity contribution is 5.91. The van der Waals surface area contributed by atoms with Crippen LogP contribution in [0.2, 0.25) is 0 Å². The van der Waals surface area contributed by atoms with Gasteiger partial charge in [0.15, 0.2) is 0 Å². The van der Waals surface area contributed by atoms with E-state index in [9.17, 15) is 10.1 Å². The Labute approximate surface area is 120 Å². The number of hydrogen-bond acceptors (Lipinski definition) is 5. The summed E-state index contributed by atoms with van der Waals surface area (Å²) >= 11 is 0. The maximum absolute atomic E-state index is 10.8. The predicted molar refractivity (Wildman–Crippen MR) is 80.7 cm³/mol. The van der Waals surface area contributed by atoms with Crippen LogP contribution in [0.3, 0.4) is 0 Å². The van der Waals surface area contributed by atoms with Crippen molar-refractivity contribution < 1.29 is 4.92 Å². The Balaban J connectivity index is 2.05. The van der Waals surface area contributed by atoms with Crippen LogP contribution in [-0.2, 0) is 0 Å². The molecule has 3 aromatic rings. The van der Waals surface area contributed by atoms with Crippen molar-refractivity contribution in [2.24, 2.45) is 0 Å². The van der Waals surface area contributed by atoms with E-state index in [0.29, 0.717) is 11.3 Å². The fraction of sp³-hybridized carbons (Fsp3) is 0.0667. The van der Waals surface area contributed by atoms with Gasteiger partial charge in [0.1, 0.15) is 12.1 Å². The van der Waals surface area contributed by atoms with Crippen LogP contribution in [0.1, 0.15) is 5.56 Å². The number of benzene rings is 2. The molecule has 0 aliphatic carbocycles. The molecule has 1 heterocycles. The number of nitrogens with one attached hydrogen (secondary N) is 1. The number of aryl methyl sites for hydroxylation is 1. The van der Waals surface area contributed by atoms with Gasteiger partial charge in [-0.2, -0.15) is 0 Å². The normalized spacial score (nSPS) is 10.5. The zero-order valence-corrected chi connectivity index (χ0v) is 11.3. The maximum atomic E-state index is 10.8. The molecule has 0 bridgehead atoms. The van der Waals surface area contributed by atoms with Crippen LogP contribution in [-0.4, -0.2) is 14.9 Å². The van der Waals surface area contributed by atoms with Crippen molar-refractivity contribution in [2.45, 2.75) is 6.92 Å². The van der Waals surface area contributed by atoms with Gasteiger partial charge in [-0.05, 0) is 30.7 Å². The first kappa shape index (κ1) is 13.0. The second-order valence-electron chi connectivity index (χ2n) is 4.68. The molecule has 21 heavy (non-hydrogen) atoms. The zero-order chi connectivity index (χ0) is 14.8. The molecule has 6 nitrogen and oxygen atoms in total. The van der Waals surface area contributed by atoms with Crippen molar-refractivity contribution in [1.82, 2.24) is 9.97 Å². The van der Waals surface area contributed by atoms with Gasteiger partial charge in [0.25, 0.3) is 5.69 Å². The Kier molecular flexibility index (Phi) is 3.19. The molecule has 0 amide bonds. The molecule has 0 unspecified atom stereocenters. The first-order valence-electron chi connectivity index (χ1n) is 6.36. The molecular formula is C15H12N4O2. The lowest BCUT2D eigenvalue weighted by Gasteiger charge is -2.08. The summed E-state index contributed by atoms with van der Waals surface area (Å²) in [6, 6.07) is 12.4. The molecule has 0 aliphatic heterocycles. The van der Waals surface area contributed by atoms with Crippen LogP contribution in [0.15, 0.2) is 48.8 Å². The van der Waals surface area contributed by atoms with Gasteiger partial charge in [-0.25, -0.2) is 9.97 Å². The summed E-state index contributed by atoms with van der Waals surface area (Å²) in [6.45, 7) is 2.01. The van der Waals surface area contributed by atoms with E-state index in [4.69, 9.17) is 0 Å². The predicted octanol–water partition coefficient (Wildman–Crippen LogP) is 3.59. The highest BCUT2D eigenvalue weighted by Crippen LogP contribution is 2.26. The molecule has 104 valence electrons. The molecular weight excluding hydrogens is 268 g/mol. The van der Waals surface area contributed by atoms with Crippen molar-refractivity contribution in [3.8, 4) is 0 Å². The molecule has 0 saturated heterocycles. The monoisotopic (exact) mass is 280 g/mol. The Morgan fingerprint density at radius 1 is 1.14 bits per heavy atom. The minimum absolute atomic E-state index is 0.0164. The van der Waals surface area contributed by atoms with Gasteiger partial charge in [-0.3, -0.25) is 10.1 Å². The maximum Gasteiger partial charge on any atom is 0.271 e. The van der Waals surface area contributed by atoms with Crippen LogP contribution >= 0.6 is 0 Å². The Morgan fingerprint density at radius 3 is 2.76 bits per heavy atom. The van der Waals surface area contributed by atoms with Gasteiger partial charge < -0.3 is 5.32 Å². The molecule has 0 atom stereocenters. The van der Waals surface area contributed by atoms with Gasteiger partial charge in [-0.1, -0.05) is 12.1 Å². The van der Waals surface area contributed by atoms with Crippen LogP contribution in [0.5, 0.6) is 0 Å². The summed E-state index contributed by atoms with van der Waals surface area (Å²) in [6.07, 6.45) is 1.39. The standard InChI is InChI=1S/C15H12N4O2/c1-10-3-2-4-11(7-10)18-15-13-6-5-12(19(20)21)8-14(13)16-9-17-15/h2-9H,1H3,(H,16,17,18). The van der Waals surface area contributed by atoms with E-state index >= 15 is 0 Å². The Hall–Kier alpha value is -3.02. The molecule has 0 aliphatic rings. The third-order valence-electron chi connectivity index (χ3n) is 3.11. The van der Waals surface area contributed by atoms with Crippen LogP contribution in [0.25, 0.3) is 10.9 Å². The third-order valence-corrected chi connectivity index (χ3v) is 3.11. The molecule has 0 saturated carbocycles. The number of non-ortho nitro benzene ring substituents is 1. The Bertz CT molecular complexity index is 833. The summed E-state index contributed by atoms with van der Waals surface area (Å²) in [5.41, 5.74) is 2.60. The Morgan fingerprint density at radius 2 is 2.00 bits per heavy atom. The lowest BCUT2D eigenvalue weighted by molar-refractivity contribution is -0.384. The SMILES string of the molecule is Cc1cccc(Nc2ncnc3cc([N+](=O)[O-])ccc23)c1. The van der Waals surface area contributed by atoms with E-state index in [2.05, 4.69) is 15.3 Å². The number of anilines is 2. The molecule has 6 heteroatoms. The van der Waals surface area contributed by atoms with E-state index in [1.165, 1.54) is 18.5 Å². The second-order valence-corrected chi connectivity index (χ2v) is 4.68. The van der Waals surface area contributed by atoms with Gasteiger partial charge in [0.05, 0.1) is 10.4 Å². The number of aromatic nitrogens is 2. The average molecular weight is 280 g/mol. The minimum Gasteiger partial charge on any atom is -0.340 e. The quantitative estimate of drug-likeness (QED) is 0.585. The number of nitro benzene ring substituents is 1. The highest BCUT2D eigenvalue weighted by atomic mass is 16.6. The van der Waals surface area contributed by atoms with Crippen LogP contribution in [0.4, 0.5) is 17.2 Å². The number of hydrogen-bond donors (Lipinski definition) is 1. The molecule has 2 aromatic carbocycles. The molecule has 0 fully saturated rings. The first-order chi connectivity index (χ1) is 10.1. The topological polar surface area (TPSA) is 81.0 Å². The third kappa shape index (κ3) is 2.64. The summed E-state index contributed by atoms with van der Waals surface area (Å²) < 4.78 is 0. The fourth-order valence-corrected chi connectivity index (χ4v) is 2.12. The zero-order valence-electron chi connectivity index (χ0n) is 11.3. The van der Waals surface area contributed by atoms with Gasteiger partial charge >= 0.3 is 0 Å². The van der Waals surface area contributed by atoms with Crippen molar-refractivity contribution >= 4 is 28.1 Å². The van der Waals surface area contributed by atoms with E-state index in [0.717, 1.165) is 16.6 Å². The van der Waals surface area contributed by atoms with Gasteiger partial charge in [-0.15, -0.1) is 0 Å². The summed E-state index contributed by atoms with van der Waals surface area (Å²) in [5, 5.41) is 14.8. The smallest absolute Gasteiger partial charge is 0.271 e. The number of nitro groups is 1. The summed E-state index contributed by atoms with van der Waals surface area (Å²) in [4.78, 5) is 18.7. The van der Waals surface area contributed by atoms with Crippen molar-refractivity contribution in [2.75, 3.05) is 5.32 Å². The molecule has 1 N–H and O–H groups in total. The van der Waals surface area contributed by atoms with Crippen LogP contribution in [0, 0.1) is 17.0 Å². The lowest BCUT2D eigenvalue weighted by Crippen LogP contribution is -1.97. The van der Waals surface area contributed by atoms with E-state index in [1.807, 2.05) is 31.2 Å². The van der Waals surface area contributed by atoms with E-state index in [1.54, 1.807) is 6.07 Å². The minimum atomic E-state index is -0.435. The van der Waals surface area contributed by atoms with E-state index in [-0.39, 0.29) is 5.69 Å². The van der Waals surface area contributed by atoms with Gasteiger partial charge in [0.2, 0.25) is 0 Å². The molecule has 3 rings (SSSR count). The van der Waals surface area contributed by atoms with Crippen molar-refractivity contribution in [3.05, 3.63) is 64.5 Å².